The molecule has 0 aliphatic carbocycles. The highest BCUT2D eigenvalue weighted by Gasteiger charge is 2.04. The maximum absolute atomic E-state index is 4.59. The monoisotopic (exact) mass is 269 g/mol. The molecule has 0 unspecified atom stereocenters. The van der Waals surface area contributed by atoms with E-state index in [2.05, 4.69) is 47.3 Å². The zero-order valence-electron chi connectivity index (χ0n) is 11.0. The number of hydrogen-bond acceptors (Lipinski definition) is 4. The molecular weight excluding hydrogens is 254 g/mol. The molecule has 0 amide bonds. The van der Waals surface area contributed by atoms with Gasteiger partial charge in [0, 0.05) is 18.9 Å². The fourth-order valence-electron chi connectivity index (χ4n) is 1.96. The molecule has 3 rings (SSSR count). The van der Waals surface area contributed by atoms with Crippen LogP contribution in [0.25, 0.3) is 10.2 Å². The van der Waals surface area contributed by atoms with Gasteiger partial charge in [0.15, 0.2) is 5.13 Å². The first-order chi connectivity index (χ1) is 9.22. The van der Waals surface area contributed by atoms with E-state index >= 15 is 0 Å². The van der Waals surface area contributed by atoms with Crippen molar-refractivity contribution in [1.29, 1.82) is 0 Å². The van der Waals surface area contributed by atoms with Gasteiger partial charge in [-0.25, -0.2) is 4.98 Å². The number of pyridine rings is 1. The number of aromatic nitrogens is 2. The third-order valence-electron chi connectivity index (χ3n) is 3.12. The second kappa shape index (κ2) is 4.97. The zero-order valence-corrected chi connectivity index (χ0v) is 11.8. The Kier molecular flexibility index (Phi) is 3.17. The molecule has 0 aliphatic rings. The summed E-state index contributed by atoms with van der Waals surface area (Å²) in [7, 11) is 0. The minimum Gasteiger partial charge on any atom is -0.357 e. The second-order valence-corrected chi connectivity index (χ2v) is 5.68. The molecule has 0 saturated carbocycles. The number of benzene rings is 1. The number of fused-ring (bicyclic) bond motifs is 1. The van der Waals surface area contributed by atoms with Gasteiger partial charge in [-0.3, -0.25) is 4.98 Å². The Morgan fingerprint density at radius 3 is 2.95 bits per heavy atom. The Bertz CT molecular complexity index is 718. The molecule has 0 aliphatic heterocycles. The summed E-state index contributed by atoms with van der Waals surface area (Å²) in [5.74, 6) is 0. The lowest BCUT2D eigenvalue weighted by Gasteiger charge is -2.04. The van der Waals surface area contributed by atoms with Crippen LogP contribution < -0.4 is 5.32 Å². The van der Waals surface area contributed by atoms with Gasteiger partial charge in [0.2, 0.25) is 0 Å². The third-order valence-corrected chi connectivity index (χ3v) is 4.10. The molecule has 19 heavy (non-hydrogen) atoms. The molecular formula is C15H15N3S. The highest BCUT2D eigenvalue weighted by atomic mass is 32.1. The summed E-state index contributed by atoms with van der Waals surface area (Å²) in [5.41, 5.74) is 4.78. The summed E-state index contributed by atoms with van der Waals surface area (Å²) in [4.78, 5) is 8.74. The fraction of sp³-hybridized carbons (Fsp3) is 0.200. The SMILES string of the molecule is Cc1ccc2nc(NCc3cnccc3C)sc2c1. The van der Waals surface area contributed by atoms with Crippen LogP contribution in [0.15, 0.2) is 36.7 Å². The largest absolute Gasteiger partial charge is 0.357 e. The molecule has 0 radical (unpaired) electrons. The van der Waals surface area contributed by atoms with E-state index in [1.54, 1.807) is 11.3 Å². The zero-order chi connectivity index (χ0) is 13.2. The van der Waals surface area contributed by atoms with Crippen LogP contribution in [-0.2, 0) is 6.54 Å². The highest BCUT2D eigenvalue weighted by Crippen LogP contribution is 2.27. The quantitative estimate of drug-likeness (QED) is 0.783. The molecule has 0 saturated heterocycles. The van der Waals surface area contributed by atoms with Gasteiger partial charge in [-0.15, -0.1) is 0 Å². The Balaban J connectivity index is 1.80. The van der Waals surface area contributed by atoms with Crippen LogP contribution in [0.5, 0.6) is 0 Å². The van der Waals surface area contributed by atoms with Crippen molar-refractivity contribution in [3.8, 4) is 0 Å². The smallest absolute Gasteiger partial charge is 0.184 e. The normalized spacial score (nSPS) is 10.8. The average Bonchev–Trinajstić information content (AvgIpc) is 2.79. The van der Waals surface area contributed by atoms with Crippen LogP contribution >= 0.6 is 11.3 Å². The van der Waals surface area contributed by atoms with E-state index in [1.807, 2.05) is 18.5 Å². The minimum atomic E-state index is 0.762. The molecule has 3 nitrogen and oxygen atoms in total. The summed E-state index contributed by atoms with van der Waals surface area (Å²) < 4.78 is 1.23. The highest BCUT2D eigenvalue weighted by molar-refractivity contribution is 7.22. The molecule has 1 N–H and O–H groups in total. The second-order valence-electron chi connectivity index (χ2n) is 4.65. The van der Waals surface area contributed by atoms with E-state index in [0.717, 1.165) is 17.2 Å². The first kappa shape index (κ1) is 12.1. The van der Waals surface area contributed by atoms with Crippen LogP contribution in [0.3, 0.4) is 0 Å². The third kappa shape index (κ3) is 2.58. The lowest BCUT2D eigenvalue weighted by atomic mass is 10.2. The predicted octanol–water partition coefficient (Wildman–Crippen LogP) is 3.92. The van der Waals surface area contributed by atoms with Gasteiger partial charge in [-0.2, -0.15) is 0 Å². The molecule has 0 atom stereocenters. The van der Waals surface area contributed by atoms with Crippen LogP contribution in [-0.4, -0.2) is 9.97 Å². The van der Waals surface area contributed by atoms with Crippen LogP contribution in [0.2, 0.25) is 0 Å². The Morgan fingerprint density at radius 1 is 1.21 bits per heavy atom. The van der Waals surface area contributed by atoms with Gasteiger partial charge in [0.05, 0.1) is 10.2 Å². The van der Waals surface area contributed by atoms with Crippen LogP contribution in [0, 0.1) is 13.8 Å². The van der Waals surface area contributed by atoms with E-state index < -0.39 is 0 Å². The summed E-state index contributed by atoms with van der Waals surface area (Å²) in [6, 6.07) is 8.37. The van der Waals surface area contributed by atoms with Gasteiger partial charge >= 0.3 is 0 Å². The molecule has 96 valence electrons. The average molecular weight is 269 g/mol. The van der Waals surface area contributed by atoms with Gasteiger partial charge < -0.3 is 5.32 Å². The summed E-state index contributed by atoms with van der Waals surface area (Å²) in [6.45, 7) is 4.96. The van der Waals surface area contributed by atoms with Crippen molar-refractivity contribution in [2.24, 2.45) is 0 Å². The van der Waals surface area contributed by atoms with Crippen LogP contribution in [0.4, 0.5) is 5.13 Å². The van der Waals surface area contributed by atoms with Crippen molar-refractivity contribution < 1.29 is 0 Å². The van der Waals surface area contributed by atoms with E-state index in [1.165, 1.54) is 21.4 Å². The Labute approximate surface area is 116 Å². The molecule has 2 aromatic heterocycles. The minimum absolute atomic E-state index is 0.762. The number of thiazole rings is 1. The van der Waals surface area contributed by atoms with Crippen molar-refractivity contribution in [2.45, 2.75) is 20.4 Å². The van der Waals surface area contributed by atoms with Crippen LogP contribution in [0.1, 0.15) is 16.7 Å². The van der Waals surface area contributed by atoms with Crippen molar-refractivity contribution >= 4 is 26.7 Å². The summed E-state index contributed by atoms with van der Waals surface area (Å²) in [6.07, 6.45) is 3.72. The van der Waals surface area contributed by atoms with Gasteiger partial charge in [-0.05, 0) is 48.7 Å². The van der Waals surface area contributed by atoms with E-state index in [4.69, 9.17) is 0 Å². The molecule has 3 aromatic rings. The van der Waals surface area contributed by atoms with E-state index in [-0.39, 0.29) is 0 Å². The van der Waals surface area contributed by atoms with Crippen molar-refractivity contribution in [2.75, 3.05) is 5.32 Å². The first-order valence-electron chi connectivity index (χ1n) is 6.23. The first-order valence-corrected chi connectivity index (χ1v) is 7.04. The molecule has 0 fully saturated rings. The summed E-state index contributed by atoms with van der Waals surface area (Å²) >= 11 is 1.69. The molecule has 0 bridgehead atoms. The van der Waals surface area contributed by atoms with Crippen molar-refractivity contribution in [1.82, 2.24) is 9.97 Å². The van der Waals surface area contributed by atoms with Gasteiger partial charge in [0.1, 0.15) is 0 Å². The van der Waals surface area contributed by atoms with Crippen molar-refractivity contribution in [3.63, 3.8) is 0 Å². The Hall–Kier alpha value is -1.94. The molecule has 0 spiro atoms. The number of rotatable bonds is 3. The molecule has 4 heteroatoms. The van der Waals surface area contributed by atoms with E-state index in [9.17, 15) is 0 Å². The number of hydrogen-bond donors (Lipinski definition) is 1. The number of anilines is 1. The lowest BCUT2D eigenvalue weighted by Crippen LogP contribution is -2.01. The van der Waals surface area contributed by atoms with Gasteiger partial charge in [0.25, 0.3) is 0 Å². The van der Waals surface area contributed by atoms with Crippen molar-refractivity contribution in [3.05, 3.63) is 53.3 Å². The predicted molar refractivity (Wildman–Crippen MR) is 80.7 cm³/mol. The van der Waals surface area contributed by atoms with E-state index in [0.29, 0.717) is 0 Å². The lowest BCUT2D eigenvalue weighted by molar-refractivity contribution is 1.08. The fourth-order valence-corrected chi connectivity index (χ4v) is 2.92. The number of aryl methyl sites for hydroxylation is 2. The number of nitrogens with one attached hydrogen (secondary N) is 1. The molecule has 2 heterocycles. The molecule has 1 aromatic carbocycles. The maximum atomic E-state index is 4.59. The standard InChI is InChI=1S/C15H15N3S/c1-10-3-4-13-14(7-10)19-15(18-13)17-9-12-8-16-6-5-11(12)2/h3-8H,9H2,1-2H3,(H,17,18). The maximum Gasteiger partial charge on any atom is 0.184 e. The number of nitrogens with zero attached hydrogens (tertiary/aromatic N) is 2. The van der Waals surface area contributed by atoms with Gasteiger partial charge in [-0.1, -0.05) is 17.4 Å². The Morgan fingerprint density at radius 2 is 2.11 bits per heavy atom. The topological polar surface area (TPSA) is 37.8 Å². The summed E-state index contributed by atoms with van der Waals surface area (Å²) in [5, 5.41) is 4.34.